The first-order valence-corrected chi connectivity index (χ1v) is 10.0. The van der Waals surface area contributed by atoms with Crippen LogP contribution in [0.3, 0.4) is 0 Å². The van der Waals surface area contributed by atoms with E-state index in [1.165, 1.54) is 11.1 Å². The molecule has 0 fully saturated rings. The lowest BCUT2D eigenvalue weighted by Gasteiger charge is -2.23. The Labute approximate surface area is 175 Å². The number of nitrogens with zero attached hydrogens (tertiary/aromatic N) is 1. The van der Waals surface area contributed by atoms with Crippen molar-refractivity contribution in [2.45, 2.75) is 19.5 Å². The average Bonchev–Trinajstić information content (AvgIpc) is 3.39. The van der Waals surface area contributed by atoms with Crippen LogP contribution in [0.15, 0.2) is 77.7 Å². The molecule has 0 saturated carbocycles. The van der Waals surface area contributed by atoms with Crippen molar-refractivity contribution in [2.24, 2.45) is 5.73 Å². The van der Waals surface area contributed by atoms with E-state index in [0.717, 1.165) is 41.7 Å². The molecule has 0 aliphatic rings. The summed E-state index contributed by atoms with van der Waals surface area (Å²) in [4.78, 5) is 5.02. The van der Waals surface area contributed by atoms with Gasteiger partial charge in [0.05, 0.1) is 12.8 Å². The van der Waals surface area contributed by atoms with Gasteiger partial charge in [0.25, 0.3) is 0 Å². The Morgan fingerprint density at radius 2 is 1.97 bits per heavy atom. The Balaban J connectivity index is 1.49. The van der Waals surface area contributed by atoms with Crippen molar-refractivity contribution in [3.8, 4) is 0 Å². The summed E-state index contributed by atoms with van der Waals surface area (Å²) in [5, 5.41) is 4.92. The minimum absolute atomic E-state index is 0.353. The van der Waals surface area contributed by atoms with Gasteiger partial charge in [0.2, 0.25) is 0 Å². The maximum absolute atomic E-state index is 6.04. The second-order valence-corrected chi connectivity index (χ2v) is 7.42. The van der Waals surface area contributed by atoms with Gasteiger partial charge in [0, 0.05) is 30.0 Å². The number of H-pyrrole nitrogens is 1. The highest BCUT2D eigenvalue weighted by molar-refractivity contribution is 7.80. The Morgan fingerprint density at radius 3 is 2.72 bits per heavy atom. The first kappa shape index (κ1) is 19.2. The molecule has 2 aromatic heterocycles. The molecule has 4 rings (SSSR count). The number of rotatable bonds is 8. The number of nitrogens with one attached hydrogen (secondary N) is 2. The first-order valence-electron chi connectivity index (χ1n) is 9.64. The number of aromatic nitrogens is 1. The number of nitrogens with two attached hydrogens (primary N) is 1. The number of aromatic amines is 1. The molecule has 0 atom stereocenters. The summed E-state index contributed by atoms with van der Waals surface area (Å²) in [6.45, 7) is 2.34. The fourth-order valence-corrected chi connectivity index (χ4v) is 3.59. The highest BCUT2D eigenvalue weighted by Gasteiger charge is 2.13. The van der Waals surface area contributed by atoms with Gasteiger partial charge in [-0.25, -0.2) is 0 Å². The van der Waals surface area contributed by atoms with Crippen molar-refractivity contribution >= 4 is 34.0 Å². The molecule has 2 aromatic carbocycles. The molecular weight excluding hydrogens is 380 g/mol. The summed E-state index contributed by atoms with van der Waals surface area (Å²) in [7, 11) is 0. The van der Waals surface area contributed by atoms with Crippen LogP contribution < -0.4 is 16.0 Å². The number of hydrogen-bond acceptors (Lipinski definition) is 3. The Hall–Kier alpha value is -3.09. The van der Waals surface area contributed by atoms with E-state index in [-0.39, 0.29) is 0 Å². The summed E-state index contributed by atoms with van der Waals surface area (Å²) in [5.74, 6) is 0. The van der Waals surface area contributed by atoms with Gasteiger partial charge in [-0.2, -0.15) is 0 Å². The van der Waals surface area contributed by atoms with Gasteiger partial charge < -0.3 is 25.4 Å². The molecule has 0 radical (unpaired) electrons. The number of hydrogen-bond donors (Lipinski definition) is 3. The molecule has 148 valence electrons. The third-order valence-corrected chi connectivity index (χ3v) is 5.18. The predicted octanol–water partition coefficient (Wildman–Crippen LogP) is 4.34. The molecule has 0 bridgehead atoms. The maximum atomic E-state index is 6.04. The zero-order valence-corrected chi connectivity index (χ0v) is 16.9. The first-order chi connectivity index (χ1) is 14.2. The van der Waals surface area contributed by atoms with Crippen molar-refractivity contribution < 1.29 is 4.42 Å². The molecule has 0 aliphatic heterocycles. The molecule has 0 spiro atoms. The number of thiocarbonyl (C=S) groups is 1. The molecule has 4 aromatic rings. The molecule has 5 nitrogen and oxygen atoms in total. The minimum Gasteiger partial charge on any atom is -0.464 e. The van der Waals surface area contributed by atoms with E-state index in [0.29, 0.717) is 11.7 Å². The summed E-state index contributed by atoms with van der Waals surface area (Å²) in [6, 6.07) is 18.4. The molecule has 0 saturated heterocycles. The SMILES string of the molecule is NC(=S)N(Cc1ccccc1)c1ccc2occ(CCNCc3cc[nH]c3)c2c1. The second kappa shape index (κ2) is 8.94. The standard InChI is InChI=1S/C23H24N4OS/c24-23(29)27(15-17-4-2-1-3-5-17)20-6-7-22-21(12-20)19(16-28-22)9-11-26-14-18-8-10-25-13-18/h1-8,10,12-13,16,25-26H,9,11,14-15H2,(H2,24,29). The van der Waals surface area contributed by atoms with E-state index in [9.17, 15) is 0 Å². The van der Waals surface area contributed by atoms with Crippen molar-refractivity contribution in [3.63, 3.8) is 0 Å². The largest absolute Gasteiger partial charge is 0.464 e. The number of anilines is 1. The van der Waals surface area contributed by atoms with Gasteiger partial charge in [-0.05, 0) is 66.1 Å². The van der Waals surface area contributed by atoms with Crippen LogP contribution in [-0.4, -0.2) is 16.6 Å². The smallest absolute Gasteiger partial charge is 0.171 e. The molecule has 2 heterocycles. The van der Waals surface area contributed by atoms with Crippen LogP contribution in [0.5, 0.6) is 0 Å². The average molecular weight is 405 g/mol. The van der Waals surface area contributed by atoms with Crippen LogP contribution in [0.25, 0.3) is 11.0 Å². The Bertz CT molecular complexity index is 1070. The predicted molar refractivity (Wildman–Crippen MR) is 122 cm³/mol. The highest BCUT2D eigenvalue weighted by atomic mass is 32.1. The molecule has 0 unspecified atom stereocenters. The van der Waals surface area contributed by atoms with E-state index >= 15 is 0 Å². The van der Waals surface area contributed by atoms with Crippen LogP contribution in [0.1, 0.15) is 16.7 Å². The third kappa shape index (κ3) is 4.67. The number of benzene rings is 2. The number of furan rings is 1. The lowest BCUT2D eigenvalue weighted by atomic mass is 10.1. The lowest BCUT2D eigenvalue weighted by Crippen LogP contribution is -2.34. The quantitative estimate of drug-likeness (QED) is 0.301. The van der Waals surface area contributed by atoms with Crippen LogP contribution in [0.4, 0.5) is 5.69 Å². The Kier molecular flexibility index (Phi) is 5.93. The van der Waals surface area contributed by atoms with Gasteiger partial charge in [0.1, 0.15) is 5.58 Å². The molecular formula is C23H24N4OS. The highest BCUT2D eigenvalue weighted by Crippen LogP contribution is 2.28. The van der Waals surface area contributed by atoms with Crippen molar-refractivity contribution in [1.82, 2.24) is 10.3 Å². The Morgan fingerprint density at radius 1 is 1.10 bits per heavy atom. The van der Waals surface area contributed by atoms with Crippen molar-refractivity contribution in [2.75, 3.05) is 11.4 Å². The van der Waals surface area contributed by atoms with Gasteiger partial charge in [-0.3, -0.25) is 0 Å². The van der Waals surface area contributed by atoms with Crippen molar-refractivity contribution in [1.29, 1.82) is 0 Å². The molecule has 6 heteroatoms. The maximum Gasteiger partial charge on any atom is 0.171 e. The molecule has 0 aliphatic carbocycles. The molecule has 29 heavy (non-hydrogen) atoms. The molecule has 4 N–H and O–H groups in total. The van der Waals surface area contributed by atoms with Gasteiger partial charge in [-0.1, -0.05) is 30.3 Å². The minimum atomic E-state index is 0.353. The number of fused-ring (bicyclic) bond motifs is 1. The zero-order chi connectivity index (χ0) is 20.1. The van der Waals surface area contributed by atoms with Crippen molar-refractivity contribution in [3.05, 3.63) is 89.9 Å². The van der Waals surface area contributed by atoms with Gasteiger partial charge in [0.15, 0.2) is 5.11 Å². The third-order valence-electron chi connectivity index (χ3n) is 4.96. The second-order valence-electron chi connectivity index (χ2n) is 7.00. The van der Waals surface area contributed by atoms with Crippen LogP contribution in [0.2, 0.25) is 0 Å². The fraction of sp³-hybridized carbons (Fsp3) is 0.174. The fourth-order valence-electron chi connectivity index (χ4n) is 3.42. The molecule has 0 amide bonds. The zero-order valence-electron chi connectivity index (χ0n) is 16.1. The summed E-state index contributed by atoms with van der Waals surface area (Å²) in [6.07, 6.45) is 6.66. The van der Waals surface area contributed by atoms with E-state index in [2.05, 4.69) is 34.6 Å². The van der Waals surface area contributed by atoms with Gasteiger partial charge in [-0.15, -0.1) is 0 Å². The van der Waals surface area contributed by atoms with Crippen LogP contribution in [0, 0.1) is 0 Å². The van der Waals surface area contributed by atoms with Gasteiger partial charge >= 0.3 is 0 Å². The lowest BCUT2D eigenvalue weighted by molar-refractivity contribution is 0.606. The van der Waals surface area contributed by atoms with Crippen LogP contribution in [-0.2, 0) is 19.5 Å². The van der Waals surface area contributed by atoms with Crippen LogP contribution >= 0.6 is 12.2 Å². The van der Waals surface area contributed by atoms with E-state index in [1.807, 2.05) is 53.9 Å². The van der Waals surface area contributed by atoms with E-state index in [1.54, 1.807) is 0 Å². The van der Waals surface area contributed by atoms with E-state index < -0.39 is 0 Å². The summed E-state index contributed by atoms with van der Waals surface area (Å²) >= 11 is 5.33. The summed E-state index contributed by atoms with van der Waals surface area (Å²) in [5.41, 5.74) is 11.5. The van der Waals surface area contributed by atoms with E-state index in [4.69, 9.17) is 22.4 Å². The normalized spacial score (nSPS) is 11.0. The monoisotopic (exact) mass is 404 g/mol. The summed E-state index contributed by atoms with van der Waals surface area (Å²) < 4.78 is 5.75. The topological polar surface area (TPSA) is 70.2 Å².